The van der Waals surface area contributed by atoms with E-state index in [1.54, 1.807) is 0 Å². The van der Waals surface area contributed by atoms with Crippen molar-refractivity contribution in [1.82, 2.24) is 10.2 Å². The minimum Gasteiger partial charge on any atom is -0.383 e. The van der Waals surface area contributed by atoms with Gasteiger partial charge in [-0.15, -0.1) is 11.3 Å². The molecule has 1 amide bonds. The van der Waals surface area contributed by atoms with Gasteiger partial charge in [0.05, 0.1) is 16.1 Å². The van der Waals surface area contributed by atoms with Gasteiger partial charge >= 0.3 is 0 Å². The quantitative estimate of drug-likeness (QED) is 0.228. The van der Waals surface area contributed by atoms with Gasteiger partial charge in [-0.3, -0.25) is 15.3 Å². The van der Waals surface area contributed by atoms with Crippen molar-refractivity contribution in [2.75, 3.05) is 5.32 Å². The Morgan fingerprint density at radius 1 is 1.09 bits per heavy atom. The second-order valence-corrected chi connectivity index (χ2v) is 8.24. The average Bonchev–Trinajstić information content (AvgIpc) is 3.43. The van der Waals surface area contributed by atoms with Crippen LogP contribution in [0.4, 0.5) is 5.69 Å². The van der Waals surface area contributed by atoms with Crippen molar-refractivity contribution < 1.29 is 4.79 Å². The van der Waals surface area contributed by atoms with E-state index in [2.05, 4.69) is 20.5 Å². The molecule has 0 aliphatic heterocycles. The van der Waals surface area contributed by atoms with E-state index >= 15 is 0 Å². The Balaban J connectivity index is 1.46. The Morgan fingerprint density at radius 3 is 2.81 bits per heavy atom. The molecule has 0 spiro atoms. The van der Waals surface area contributed by atoms with E-state index in [9.17, 15) is 4.79 Å². The molecule has 5 N–H and O–H groups in total. The number of hydrogen-bond acceptors (Lipinski definition) is 4. The number of benzene rings is 3. The number of amidine groups is 1. The van der Waals surface area contributed by atoms with Crippen LogP contribution in [-0.2, 0) is 0 Å². The fourth-order valence-corrected chi connectivity index (χ4v) is 4.53. The average molecular weight is 439 g/mol. The van der Waals surface area contributed by atoms with Crippen LogP contribution in [0, 0.1) is 5.41 Å². The highest BCUT2D eigenvalue weighted by atomic mass is 32.1. The van der Waals surface area contributed by atoms with Gasteiger partial charge in [-0.2, -0.15) is 5.10 Å². The zero-order valence-corrected chi connectivity index (χ0v) is 17.6. The van der Waals surface area contributed by atoms with Crippen LogP contribution >= 0.6 is 11.3 Å². The van der Waals surface area contributed by atoms with Gasteiger partial charge in [0.25, 0.3) is 5.91 Å². The van der Waals surface area contributed by atoms with Gasteiger partial charge in [-0.1, -0.05) is 30.3 Å². The fraction of sp³-hybridized carbons (Fsp3) is 0. The maximum Gasteiger partial charge on any atom is 0.265 e. The van der Waals surface area contributed by atoms with E-state index in [1.165, 1.54) is 11.3 Å². The summed E-state index contributed by atoms with van der Waals surface area (Å²) in [6.07, 6.45) is 0.915. The first kappa shape index (κ1) is 19.7. The molecule has 0 aliphatic carbocycles. The molecule has 156 valence electrons. The molecule has 0 saturated carbocycles. The van der Waals surface area contributed by atoms with Crippen LogP contribution in [0.25, 0.3) is 32.2 Å². The molecule has 7 nitrogen and oxygen atoms in total. The molecule has 0 aliphatic rings. The molecular weight excluding hydrogens is 420 g/mol. The van der Waals surface area contributed by atoms with Crippen molar-refractivity contribution in [3.8, 4) is 11.3 Å². The summed E-state index contributed by atoms with van der Waals surface area (Å²) < 4.78 is 1.08. The Kier molecular flexibility index (Phi) is 4.97. The van der Waals surface area contributed by atoms with E-state index in [0.29, 0.717) is 16.1 Å². The number of rotatable bonds is 5. The Bertz CT molecular complexity index is 1480. The predicted octanol–water partition coefficient (Wildman–Crippen LogP) is 5.01. The number of nitrogens with one attached hydrogen (secondary N) is 3. The number of nitrogens with two attached hydrogens (primary N) is 1. The molecular formula is C24H18N6OS. The monoisotopic (exact) mass is 438 g/mol. The fourth-order valence-electron chi connectivity index (χ4n) is 3.57. The first-order valence-corrected chi connectivity index (χ1v) is 10.6. The van der Waals surface area contributed by atoms with Crippen molar-refractivity contribution in [1.29, 1.82) is 5.41 Å². The molecule has 0 atom stereocenters. The largest absolute Gasteiger partial charge is 0.383 e. The normalized spacial score (nSPS) is 11.7. The third-order valence-electron chi connectivity index (χ3n) is 5.11. The van der Waals surface area contributed by atoms with Crippen LogP contribution in [-0.4, -0.2) is 28.3 Å². The highest BCUT2D eigenvalue weighted by Crippen LogP contribution is 2.30. The molecule has 2 heterocycles. The summed E-state index contributed by atoms with van der Waals surface area (Å²) in [7, 11) is 0. The molecule has 2 aromatic heterocycles. The van der Waals surface area contributed by atoms with E-state index in [4.69, 9.17) is 11.1 Å². The summed E-state index contributed by atoms with van der Waals surface area (Å²) in [5.41, 5.74) is 9.77. The summed E-state index contributed by atoms with van der Waals surface area (Å²) in [6, 6.07) is 23.0. The molecule has 0 unspecified atom stereocenters. The summed E-state index contributed by atoms with van der Waals surface area (Å²) in [5, 5.41) is 19.5. The minimum atomic E-state index is -0.145. The molecule has 32 heavy (non-hydrogen) atoms. The summed E-state index contributed by atoms with van der Waals surface area (Å²) in [6.45, 7) is 0. The summed E-state index contributed by atoms with van der Waals surface area (Å²) in [5.74, 6) is 0.117. The number of aromatic amines is 1. The molecule has 8 heteroatoms. The van der Waals surface area contributed by atoms with Crippen molar-refractivity contribution in [2.24, 2.45) is 10.7 Å². The van der Waals surface area contributed by atoms with Gasteiger partial charge in [-0.25, -0.2) is 4.99 Å². The highest BCUT2D eigenvalue weighted by Gasteiger charge is 2.13. The molecule has 0 bridgehead atoms. The number of aromatic nitrogens is 2. The second kappa shape index (κ2) is 8.09. The van der Waals surface area contributed by atoms with Crippen LogP contribution in [0.1, 0.15) is 15.2 Å². The van der Waals surface area contributed by atoms with Crippen molar-refractivity contribution in [3.63, 3.8) is 0 Å². The minimum absolute atomic E-state index is 0.145. The number of amides is 1. The van der Waals surface area contributed by atoms with E-state index < -0.39 is 0 Å². The molecule has 0 fully saturated rings. The van der Waals surface area contributed by atoms with Crippen molar-refractivity contribution in [2.45, 2.75) is 0 Å². The molecule has 3 aromatic carbocycles. The lowest BCUT2D eigenvalue weighted by Gasteiger charge is -2.06. The van der Waals surface area contributed by atoms with Gasteiger partial charge < -0.3 is 11.1 Å². The first-order valence-electron chi connectivity index (χ1n) is 9.83. The van der Waals surface area contributed by atoms with Gasteiger partial charge in [-0.05, 0) is 47.9 Å². The van der Waals surface area contributed by atoms with Crippen LogP contribution in [0.15, 0.2) is 77.8 Å². The Hall–Kier alpha value is -4.30. The zero-order chi connectivity index (χ0) is 22.1. The number of anilines is 1. The highest BCUT2D eigenvalue weighted by molar-refractivity contribution is 7.20. The number of nitrogens with zero attached hydrogens (tertiary/aromatic N) is 2. The van der Waals surface area contributed by atoms with Gasteiger partial charge in [0.1, 0.15) is 12.2 Å². The van der Waals surface area contributed by atoms with E-state index in [1.807, 2.05) is 72.8 Å². The molecule has 0 saturated heterocycles. The van der Waals surface area contributed by atoms with Crippen LogP contribution in [0.2, 0.25) is 0 Å². The number of carbonyl (C=O) groups excluding carboxylic acids is 1. The maximum absolute atomic E-state index is 12.8. The molecule has 5 aromatic rings. The van der Waals surface area contributed by atoms with Gasteiger partial charge in [0.2, 0.25) is 0 Å². The van der Waals surface area contributed by atoms with E-state index in [0.717, 1.165) is 38.6 Å². The Morgan fingerprint density at radius 2 is 1.97 bits per heavy atom. The Labute approximate surface area is 187 Å². The van der Waals surface area contributed by atoms with Crippen molar-refractivity contribution in [3.05, 3.63) is 83.2 Å². The molecule has 0 radical (unpaired) electrons. The van der Waals surface area contributed by atoms with Crippen LogP contribution in [0.3, 0.4) is 0 Å². The smallest absolute Gasteiger partial charge is 0.265 e. The third-order valence-corrected chi connectivity index (χ3v) is 6.22. The maximum atomic E-state index is 12.8. The number of thiophene rings is 1. The van der Waals surface area contributed by atoms with Crippen molar-refractivity contribution >= 4 is 56.1 Å². The predicted molar refractivity (Wildman–Crippen MR) is 131 cm³/mol. The van der Waals surface area contributed by atoms with E-state index in [-0.39, 0.29) is 11.7 Å². The summed E-state index contributed by atoms with van der Waals surface area (Å²) >= 11 is 1.47. The van der Waals surface area contributed by atoms with Gasteiger partial charge in [0, 0.05) is 26.9 Å². The van der Waals surface area contributed by atoms with Crippen LogP contribution < -0.4 is 11.1 Å². The lowest BCUT2D eigenvalue weighted by atomic mass is 10.0. The number of fused-ring (bicyclic) bond motifs is 2. The first-order chi connectivity index (χ1) is 15.6. The number of H-pyrrole nitrogens is 1. The number of hydrogen-bond donors (Lipinski definition) is 4. The second-order valence-electron chi connectivity index (χ2n) is 7.16. The topological polar surface area (TPSA) is 120 Å². The summed E-state index contributed by atoms with van der Waals surface area (Å²) in [4.78, 5) is 17.3. The number of carbonyl (C=O) groups is 1. The number of aliphatic imine (C=N–C) groups is 1. The SMILES string of the molecule is N=CN=C(N)c1ccc2[nH]nc(-c3cccc(NC(=O)c4cc5ccccc5s4)c3)c2c1. The van der Waals surface area contributed by atoms with Gasteiger partial charge in [0.15, 0.2) is 0 Å². The standard InChI is InChI=1S/C24H18N6OS/c25-13-27-23(26)16-8-9-19-18(11-16)22(30-29-19)15-5-3-6-17(10-15)28-24(31)21-12-14-4-1-2-7-20(14)32-21/h1-13H,(H,28,31)(H,29,30)(H3,25,26,27). The molecule has 5 rings (SSSR count). The zero-order valence-electron chi connectivity index (χ0n) is 16.8. The van der Waals surface area contributed by atoms with Crippen LogP contribution in [0.5, 0.6) is 0 Å². The third kappa shape index (κ3) is 3.63. The lowest BCUT2D eigenvalue weighted by Crippen LogP contribution is -2.13. The lowest BCUT2D eigenvalue weighted by molar-refractivity contribution is 0.103.